The molecule has 1 aliphatic rings. The minimum Gasteiger partial charge on any atom is -1.00 e. The topological polar surface area (TPSA) is 8.17 Å². The van der Waals surface area contributed by atoms with Crippen LogP contribution >= 0.6 is 0 Å². The summed E-state index contributed by atoms with van der Waals surface area (Å²) in [6.45, 7) is 2.27. The smallest absolute Gasteiger partial charge is 0.0483 e. The first kappa shape index (κ1) is 11.5. The molecule has 1 aromatic carbocycles. The Labute approximate surface area is 102 Å². The minimum absolute atomic E-state index is 0. The van der Waals surface area contributed by atoms with E-state index >= 15 is 0 Å². The predicted octanol–water partition coefficient (Wildman–Crippen LogP) is -0.830. The molecule has 16 heavy (non-hydrogen) atoms. The molecule has 0 bridgehead atoms. The van der Waals surface area contributed by atoms with Gasteiger partial charge in [0.15, 0.2) is 0 Å². The normalized spacial score (nSPS) is 15.9. The van der Waals surface area contributed by atoms with Crippen LogP contribution in [0.3, 0.4) is 0 Å². The summed E-state index contributed by atoms with van der Waals surface area (Å²) in [4.78, 5) is 2.40. The summed E-state index contributed by atoms with van der Waals surface area (Å²) in [6.07, 6.45) is 1.18. The Bertz CT molecular complexity index is 516. The second-order valence-electron chi connectivity index (χ2n) is 4.49. The number of likely N-dealkylation sites (N-methyl/N-ethyl adjacent to an activating group) is 1. The van der Waals surface area contributed by atoms with E-state index in [0.717, 1.165) is 6.54 Å². The Morgan fingerprint density at radius 2 is 1.88 bits per heavy atom. The van der Waals surface area contributed by atoms with Crippen molar-refractivity contribution in [3.8, 4) is 0 Å². The molecule has 0 N–H and O–H groups in total. The van der Waals surface area contributed by atoms with Crippen LogP contribution < -0.4 is 12.4 Å². The lowest BCUT2D eigenvalue weighted by Crippen LogP contribution is -3.00. The van der Waals surface area contributed by atoms with E-state index in [9.17, 15) is 0 Å². The summed E-state index contributed by atoms with van der Waals surface area (Å²) in [6, 6.07) is 8.72. The monoisotopic (exact) mass is 235 g/mol. The fourth-order valence-corrected chi connectivity index (χ4v) is 2.67. The SMILES string of the molecule is CN1CCc2c(c3ccccc3n2C)C1.[Cl-]. The molecule has 86 valence electrons. The molecule has 2 aromatic rings. The molecule has 0 saturated carbocycles. The number of nitrogens with zero attached hydrogens (tertiary/aromatic N) is 2. The van der Waals surface area contributed by atoms with Crippen LogP contribution in [0.15, 0.2) is 24.3 Å². The van der Waals surface area contributed by atoms with E-state index in [2.05, 4.69) is 47.8 Å². The number of hydrogen-bond donors (Lipinski definition) is 0. The fourth-order valence-electron chi connectivity index (χ4n) is 2.67. The Kier molecular flexibility index (Phi) is 2.96. The Morgan fingerprint density at radius 3 is 2.69 bits per heavy atom. The fraction of sp³-hybridized carbons (Fsp3) is 0.385. The van der Waals surface area contributed by atoms with Gasteiger partial charge in [-0.1, -0.05) is 18.2 Å². The van der Waals surface area contributed by atoms with Gasteiger partial charge in [-0.15, -0.1) is 0 Å². The lowest BCUT2D eigenvalue weighted by atomic mass is 10.1. The molecule has 3 heteroatoms. The second-order valence-corrected chi connectivity index (χ2v) is 4.49. The summed E-state index contributed by atoms with van der Waals surface area (Å²) < 4.78 is 2.36. The third kappa shape index (κ3) is 1.53. The maximum absolute atomic E-state index is 2.40. The van der Waals surface area contributed by atoms with E-state index in [-0.39, 0.29) is 12.4 Å². The molecule has 0 radical (unpaired) electrons. The summed E-state index contributed by atoms with van der Waals surface area (Å²) in [7, 11) is 4.39. The van der Waals surface area contributed by atoms with Crippen LogP contribution in [0.2, 0.25) is 0 Å². The third-order valence-electron chi connectivity index (χ3n) is 3.50. The van der Waals surface area contributed by atoms with Gasteiger partial charge in [-0.3, -0.25) is 0 Å². The number of aryl methyl sites for hydroxylation is 1. The van der Waals surface area contributed by atoms with Crippen molar-refractivity contribution in [1.82, 2.24) is 9.47 Å². The van der Waals surface area contributed by atoms with Crippen molar-refractivity contribution in [3.05, 3.63) is 35.5 Å². The van der Waals surface area contributed by atoms with Crippen LogP contribution in [-0.2, 0) is 20.0 Å². The molecule has 2 heterocycles. The molecule has 0 fully saturated rings. The summed E-state index contributed by atoms with van der Waals surface area (Å²) >= 11 is 0. The number of halogens is 1. The van der Waals surface area contributed by atoms with Crippen LogP contribution in [0.4, 0.5) is 0 Å². The number of benzene rings is 1. The summed E-state index contributed by atoms with van der Waals surface area (Å²) in [5.74, 6) is 0. The quantitative estimate of drug-likeness (QED) is 0.579. The van der Waals surface area contributed by atoms with Gasteiger partial charge < -0.3 is 21.9 Å². The van der Waals surface area contributed by atoms with Crippen molar-refractivity contribution in [2.75, 3.05) is 13.6 Å². The number of hydrogen-bond acceptors (Lipinski definition) is 1. The third-order valence-corrected chi connectivity index (χ3v) is 3.50. The van der Waals surface area contributed by atoms with Gasteiger partial charge >= 0.3 is 0 Å². The Hall–Kier alpha value is -0.990. The Balaban J connectivity index is 0.000000963. The van der Waals surface area contributed by atoms with Gasteiger partial charge in [0.25, 0.3) is 0 Å². The molecule has 0 aliphatic carbocycles. The molecule has 0 unspecified atom stereocenters. The highest BCUT2D eigenvalue weighted by atomic mass is 35.5. The van der Waals surface area contributed by atoms with E-state index in [0.29, 0.717) is 0 Å². The predicted molar refractivity (Wildman–Crippen MR) is 63.0 cm³/mol. The maximum atomic E-state index is 2.40. The molecule has 3 rings (SSSR count). The summed E-state index contributed by atoms with van der Waals surface area (Å²) in [5, 5.41) is 1.43. The second kappa shape index (κ2) is 4.11. The number of aromatic nitrogens is 1. The lowest BCUT2D eigenvalue weighted by molar-refractivity contribution is -0.00000311. The summed E-state index contributed by atoms with van der Waals surface area (Å²) in [5.41, 5.74) is 4.42. The molecule has 1 aromatic heterocycles. The highest BCUT2D eigenvalue weighted by Gasteiger charge is 2.19. The molecule has 0 amide bonds. The maximum Gasteiger partial charge on any atom is 0.0483 e. The van der Waals surface area contributed by atoms with Gasteiger partial charge in [0.2, 0.25) is 0 Å². The van der Waals surface area contributed by atoms with Gasteiger partial charge in [-0.2, -0.15) is 0 Å². The van der Waals surface area contributed by atoms with Gasteiger partial charge in [0.05, 0.1) is 0 Å². The van der Waals surface area contributed by atoms with Gasteiger partial charge in [-0.25, -0.2) is 0 Å². The first-order valence-electron chi connectivity index (χ1n) is 5.51. The van der Waals surface area contributed by atoms with E-state index in [1.807, 2.05) is 0 Å². The van der Waals surface area contributed by atoms with E-state index in [1.54, 1.807) is 0 Å². The number of fused-ring (bicyclic) bond motifs is 3. The van der Waals surface area contributed by atoms with E-state index in [4.69, 9.17) is 0 Å². The first-order chi connectivity index (χ1) is 7.27. The van der Waals surface area contributed by atoms with Crippen molar-refractivity contribution < 1.29 is 12.4 Å². The van der Waals surface area contributed by atoms with Crippen LogP contribution in [0.25, 0.3) is 10.9 Å². The molecule has 0 saturated heterocycles. The highest BCUT2D eigenvalue weighted by molar-refractivity contribution is 5.85. The van der Waals surface area contributed by atoms with Crippen molar-refractivity contribution in [1.29, 1.82) is 0 Å². The Morgan fingerprint density at radius 1 is 1.12 bits per heavy atom. The zero-order valence-electron chi connectivity index (χ0n) is 9.70. The molecular formula is C13H16ClN2-. The van der Waals surface area contributed by atoms with Crippen molar-refractivity contribution >= 4 is 10.9 Å². The van der Waals surface area contributed by atoms with Crippen molar-refractivity contribution in [2.24, 2.45) is 7.05 Å². The van der Waals surface area contributed by atoms with Crippen LogP contribution in [0, 0.1) is 0 Å². The van der Waals surface area contributed by atoms with Crippen molar-refractivity contribution in [2.45, 2.75) is 13.0 Å². The lowest BCUT2D eigenvalue weighted by Gasteiger charge is -2.23. The van der Waals surface area contributed by atoms with Crippen LogP contribution in [0.5, 0.6) is 0 Å². The number of rotatable bonds is 0. The molecule has 1 aliphatic heterocycles. The average Bonchev–Trinajstić information content (AvgIpc) is 2.54. The molecule has 0 atom stereocenters. The van der Waals surface area contributed by atoms with E-state index < -0.39 is 0 Å². The van der Waals surface area contributed by atoms with Gasteiger partial charge in [0, 0.05) is 43.2 Å². The standard InChI is InChI=1S/C13H16N2.ClH/c1-14-8-7-13-11(9-14)10-5-3-4-6-12(10)15(13)2;/h3-6H,7-9H2,1-2H3;1H/p-1. The van der Waals surface area contributed by atoms with Crippen LogP contribution in [-0.4, -0.2) is 23.1 Å². The molecule has 2 nitrogen and oxygen atoms in total. The minimum atomic E-state index is 0. The largest absolute Gasteiger partial charge is 1.00 e. The highest BCUT2D eigenvalue weighted by Crippen LogP contribution is 2.29. The number of para-hydroxylation sites is 1. The molecular weight excluding hydrogens is 220 g/mol. The zero-order chi connectivity index (χ0) is 10.4. The molecule has 0 spiro atoms. The van der Waals surface area contributed by atoms with Gasteiger partial charge in [-0.05, 0) is 18.7 Å². The van der Waals surface area contributed by atoms with Crippen molar-refractivity contribution in [3.63, 3.8) is 0 Å². The first-order valence-corrected chi connectivity index (χ1v) is 5.51. The van der Waals surface area contributed by atoms with Crippen LogP contribution in [0.1, 0.15) is 11.3 Å². The van der Waals surface area contributed by atoms with Gasteiger partial charge in [0.1, 0.15) is 0 Å². The zero-order valence-corrected chi connectivity index (χ0v) is 10.5. The average molecular weight is 236 g/mol. The van der Waals surface area contributed by atoms with E-state index in [1.165, 1.54) is 35.1 Å².